The second kappa shape index (κ2) is 88.4. The molecule has 0 amide bonds. The average molecular weight is 951 g/mol. The fraction of sp³-hybridized carbons (Fsp3) is 0.452. The van der Waals surface area contributed by atoms with Gasteiger partial charge in [-0.15, -0.1) is 0 Å². The molecule has 0 aliphatic rings. The van der Waals surface area contributed by atoms with Gasteiger partial charge in [-0.25, -0.2) is 0 Å². The summed E-state index contributed by atoms with van der Waals surface area (Å²) in [6, 6.07) is 30.5. The molecule has 0 bridgehead atoms. The van der Waals surface area contributed by atoms with Crippen molar-refractivity contribution in [2.24, 2.45) is 10.7 Å². The fourth-order valence-corrected chi connectivity index (χ4v) is 2.65. The number of nitrogens with zero attached hydrogens (tertiary/aromatic N) is 1. The number of hydrogen-bond acceptors (Lipinski definition) is 7. The third kappa shape index (κ3) is 87.8. The Morgan fingerprint density at radius 3 is 0.865 bits per heavy atom. The first-order valence-electron chi connectivity index (χ1n) is 17.8. The quantitative estimate of drug-likeness (QED) is 0.0833. The predicted octanol–water partition coefficient (Wildman–Crippen LogP) is 9.66. The van der Waals surface area contributed by atoms with Crippen LogP contribution in [0.5, 0.6) is 0 Å². The van der Waals surface area contributed by atoms with Gasteiger partial charge < -0.3 is 31.8 Å². The molecule has 0 aliphatic carbocycles. The number of carbonyl (C=O) groups is 1. The van der Waals surface area contributed by atoms with E-state index in [9.17, 15) is 0 Å². The summed E-state index contributed by atoms with van der Waals surface area (Å²) in [5.41, 5.74) is 8.66. The van der Waals surface area contributed by atoms with Crippen LogP contribution in [0, 0.1) is 21.1 Å². The van der Waals surface area contributed by atoms with Crippen molar-refractivity contribution in [3.05, 3.63) is 129 Å². The van der Waals surface area contributed by atoms with Crippen LogP contribution in [0.15, 0.2) is 96.0 Å². The Kier molecular flexibility index (Phi) is 130. The van der Waals surface area contributed by atoms with Crippen molar-refractivity contribution < 1.29 is 103 Å². The monoisotopic (exact) mass is 950 g/mol. The molecule has 0 atom stereocenters. The van der Waals surface area contributed by atoms with Crippen LogP contribution in [-0.2, 0) is 123 Å². The summed E-state index contributed by atoms with van der Waals surface area (Å²) in [5, 5.41) is 11.6. The molecule has 6 N–H and O–H groups in total. The molecule has 295 valence electrons. The molecule has 3 radical (unpaired) electrons. The summed E-state index contributed by atoms with van der Waals surface area (Å²) >= 11 is 0. The number of nitrogens with two attached hydrogens (primary N) is 1. The van der Waals surface area contributed by atoms with Crippen LogP contribution < -0.4 is 27.0 Å². The molecule has 0 saturated carbocycles. The van der Waals surface area contributed by atoms with Gasteiger partial charge in [-0.1, -0.05) is 153 Å². The van der Waals surface area contributed by atoms with E-state index in [2.05, 4.69) is 97.6 Å². The molecule has 3 aromatic rings. The molecule has 10 heteroatoms. The second-order valence-corrected chi connectivity index (χ2v) is 8.10. The van der Waals surface area contributed by atoms with Crippen LogP contribution in [0.2, 0.25) is 0 Å². The molecule has 0 fully saturated rings. The smallest absolute Gasteiger partial charge is 0.116 e. The molecule has 0 unspecified atom stereocenters. The van der Waals surface area contributed by atoms with E-state index in [1.807, 2.05) is 117 Å². The number of rotatable bonds is 9. The van der Waals surface area contributed by atoms with E-state index in [0.29, 0.717) is 0 Å². The standard InChI is InChI=1S/3C8H10N.C4H11N.C4H9N.C2H7N.C2H4O.3C2H6.3Y/c3*1-9-7-8-5-3-2-4-6-8;2*1-3-5-4-2;2*1-2-3;3*1-2;;;/h3*2-6,9H,1,7H2;5H,3-4H2,1-2H3;3H,4H2,1-2H3;2-3H2,1H3;2H,1H3;3*1-2H3;;;/q3*-1;;;;;;;;;;. The van der Waals surface area contributed by atoms with Crippen molar-refractivity contribution in [2.75, 3.05) is 26.2 Å². The van der Waals surface area contributed by atoms with Gasteiger partial charge in [0.25, 0.3) is 0 Å². The zero-order valence-corrected chi connectivity index (χ0v) is 44.1. The number of aldehydes is 1. The van der Waals surface area contributed by atoms with E-state index in [1.54, 1.807) is 6.21 Å². The van der Waals surface area contributed by atoms with Crippen LogP contribution in [0.1, 0.15) is 99.8 Å². The van der Waals surface area contributed by atoms with Crippen molar-refractivity contribution >= 4 is 12.5 Å². The minimum absolute atomic E-state index is 0. The van der Waals surface area contributed by atoms with Crippen molar-refractivity contribution in [3.8, 4) is 0 Å². The minimum atomic E-state index is 0. The molecule has 0 spiro atoms. The molecule has 52 heavy (non-hydrogen) atoms. The van der Waals surface area contributed by atoms with Crippen LogP contribution in [0.4, 0.5) is 0 Å². The van der Waals surface area contributed by atoms with E-state index < -0.39 is 0 Å². The summed E-state index contributed by atoms with van der Waals surface area (Å²) in [5.74, 6) is 0. The van der Waals surface area contributed by atoms with Gasteiger partial charge in [-0.05, 0) is 82.9 Å². The Hall–Kier alpha value is 0.112. The third-order valence-electron chi connectivity index (χ3n) is 4.38. The number of carbonyl (C=O) groups excluding carboxylic acids is 1. The normalized spacial score (nSPS) is 7.62. The van der Waals surface area contributed by atoms with E-state index in [4.69, 9.17) is 10.5 Å². The maximum atomic E-state index is 8.81. The van der Waals surface area contributed by atoms with Gasteiger partial charge in [0.2, 0.25) is 0 Å². The predicted molar refractivity (Wildman–Crippen MR) is 225 cm³/mol. The molecule has 0 heterocycles. The van der Waals surface area contributed by atoms with Gasteiger partial charge in [0.15, 0.2) is 0 Å². The van der Waals surface area contributed by atoms with Crippen molar-refractivity contribution in [1.82, 2.24) is 21.3 Å². The van der Waals surface area contributed by atoms with Gasteiger partial charge in [0.1, 0.15) is 6.29 Å². The number of benzene rings is 3. The SMILES string of the molecule is CC.CC.CC.CC=NCC.CC=O.CCN.CCNCC.[CH2-]NCc1ccccc1.[CH2-]NCc1ccccc1.[CH2-]NCc1ccccc1.[Y].[Y].[Y]. The zero-order chi connectivity index (χ0) is 39.2. The molecule has 0 aromatic heterocycles. The first-order valence-corrected chi connectivity index (χ1v) is 17.8. The summed E-state index contributed by atoms with van der Waals surface area (Å²) < 4.78 is 0. The van der Waals surface area contributed by atoms with Crippen LogP contribution in [-0.4, -0.2) is 38.7 Å². The Morgan fingerprint density at radius 1 is 0.558 bits per heavy atom. The number of aliphatic imine (C=N–C) groups is 1. The number of hydrogen-bond donors (Lipinski definition) is 5. The molecule has 0 saturated heterocycles. The van der Waals surface area contributed by atoms with E-state index in [-0.39, 0.29) is 98.1 Å². The Balaban J connectivity index is -0.0000000493. The summed E-state index contributed by atoms with van der Waals surface area (Å²) in [6.07, 6.45) is 2.56. The summed E-state index contributed by atoms with van der Waals surface area (Å²) in [7, 11) is 10.6. The maximum absolute atomic E-state index is 8.81. The van der Waals surface area contributed by atoms with E-state index >= 15 is 0 Å². The van der Waals surface area contributed by atoms with E-state index in [0.717, 1.165) is 52.1 Å². The second-order valence-electron chi connectivity index (χ2n) is 8.10. The fourth-order valence-electron chi connectivity index (χ4n) is 2.65. The minimum Gasteiger partial charge on any atom is -0.469 e. The van der Waals surface area contributed by atoms with Gasteiger partial charge in [0.05, 0.1) is 0 Å². The van der Waals surface area contributed by atoms with Gasteiger partial charge in [-0.3, -0.25) is 26.1 Å². The van der Waals surface area contributed by atoms with Crippen molar-refractivity contribution in [2.45, 2.75) is 103 Å². The van der Waals surface area contributed by atoms with Crippen molar-refractivity contribution in [1.29, 1.82) is 0 Å². The Labute approximate surface area is 400 Å². The molecule has 7 nitrogen and oxygen atoms in total. The molecular weight excluding hydrogens is 871 g/mol. The number of nitrogens with one attached hydrogen (secondary N) is 4. The third-order valence-corrected chi connectivity index (χ3v) is 4.38. The summed E-state index contributed by atoms with van der Waals surface area (Å²) in [6.45, 7) is 29.9. The molecule has 3 aromatic carbocycles. The van der Waals surface area contributed by atoms with Gasteiger partial charge in [-0.2, -0.15) is 0 Å². The average Bonchev–Trinajstić information content (AvgIpc) is 3.15. The first-order chi connectivity index (χ1) is 24.0. The van der Waals surface area contributed by atoms with Gasteiger partial charge >= 0.3 is 0 Å². The maximum Gasteiger partial charge on any atom is 0.116 e. The first kappa shape index (κ1) is 76.8. The largest absolute Gasteiger partial charge is 0.469 e. The Morgan fingerprint density at radius 2 is 0.769 bits per heavy atom. The molecule has 3 rings (SSSR count). The van der Waals surface area contributed by atoms with Gasteiger partial charge in [0, 0.05) is 105 Å². The van der Waals surface area contributed by atoms with E-state index in [1.165, 1.54) is 23.6 Å². The van der Waals surface area contributed by atoms with Crippen LogP contribution in [0.3, 0.4) is 0 Å². The van der Waals surface area contributed by atoms with Crippen molar-refractivity contribution in [3.63, 3.8) is 0 Å². The summed E-state index contributed by atoms with van der Waals surface area (Å²) in [4.78, 5) is 12.7. The van der Waals surface area contributed by atoms with Crippen LogP contribution >= 0.6 is 0 Å². The Bertz CT molecular complexity index is 795. The topological polar surface area (TPSA) is 104 Å². The molecular formula is C42H79N6OY3-3. The van der Waals surface area contributed by atoms with Crippen LogP contribution in [0.25, 0.3) is 0 Å². The molecule has 0 aliphatic heterocycles. The zero-order valence-electron chi connectivity index (χ0n) is 35.6.